The first-order valence-electron chi connectivity index (χ1n) is 5.52. The van der Waals surface area contributed by atoms with Crippen LogP contribution in [0.1, 0.15) is 24.2 Å². The van der Waals surface area contributed by atoms with E-state index in [-0.39, 0.29) is 16.3 Å². The number of nitro groups is 1. The average Bonchev–Trinajstić information content (AvgIpc) is 2.27. The molecule has 0 aliphatic carbocycles. The number of non-ortho nitro benzene ring substituents is 1. The van der Waals surface area contributed by atoms with Gasteiger partial charge in [0, 0.05) is 19.2 Å². The lowest BCUT2D eigenvalue weighted by atomic mass is 10.1. The van der Waals surface area contributed by atoms with Crippen LogP contribution in [0, 0.1) is 10.1 Å². The minimum atomic E-state index is -0.567. The van der Waals surface area contributed by atoms with E-state index in [0.717, 1.165) is 6.07 Å². The summed E-state index contributed by atoms with van der Waals surface area (Å²) in [6.45, 7) is 3.94. The third-order valence-electron chi connectivity index (χ3n) is 2.37. The second kappa shape index (κ2) is 5.99. The van der Waals surface area contributed by atoms with Gasteiger partial charge in [0.15, 0.2) is 0 Å². The fraction of sp³-hybridized carbons (Fsp3) is 0.417. The lowest BCUT2D eigenvalue weighted by molar-refractivity contribution is -0.384. The summed E-state index contributed by atoms with van der Waals surface area (Å²) in [4.78, 5) is 22.0. The zero-order valence-electron chi connectivity index (χ0n) is 10.9. The summed E-state index contributed by atoms with van der Waals surface area (Å²) in [5, 5.41) is 13.4. The monoisotopic (exact) mass is 286 g/mol. The molecule has 0 saturated heterocycles. The van der Waals surface area contributed by atoms with Crippen LogP contribution in [0.3, 0.4) is 0 Å². The Morgan fingerprint density at radius 1 is 1.53 bits per heavy atom. The standard InChI is InChI=1S/C12H15ClN2O4/c1-12(2,7-19-3)14-11(16)9-5-4-8(15(17)18)6-10(9)13/h4-6H,7H2,1-3H3,(H,14,16). The third kappa shape index (κ3) is 4.18. The number of methoxy groups -OCH3 is 1. The van der Waals surface area contributed by atoms with Gasteiger partial charge in [-0.15, -0.1) is 0 Å². The minimum Gasteiger partial charge on any atom is -0.382 e. The maximum atomic E-state index is 12.0. The Balaban J connectivity index is 2.92. The lowest BCUT2D eigenvalue weighted by Gasteiger charge is -2.25. The summed E-state index contributed by atoms with van der Waals surface area (Å²) >= 11 is 5.88. The summed E-state index contributed by atoms with van der Waals surface area (Å²) in [7, 11) is 1.53. The van der Waals surface area contributed by atoms with E-state index in [2.05, 4.69) is 5.32 Å². The van der Waals surface area contributed by atoms with Crippen LogP contribution in [0.4, 0.5) is 5.69 Å². The first kappa shape index (κ1) is 15.4. The van der Waals surface area contributed by atoms with Crippen LogP contribution in [-0.2, 0) is 4.74 Å². The predicted octanol–water partition coefficient (Wildman–Crippen LogP) is 2.40. The summed E-state index contributed by atoms with van der Waals surface area (Å²) in [5.74, 6) is -0.401. The van der Waals surface area contributed by atoms with E-state index in [1.807, 2.05) is 0 Å². The Labute approximate surface area is 115 Å². The largest absolute Gasteiger partial charge is 0.382 e. The third-order valence-corrected chi connectivity index (χ3v) is 2.68. The minimum absolute atomic E-state index is 0.0416. The SMILES string of the molecule is COCC(C)(C)NC(=O)c1ccc([N+](=O)[O-])cc1Cl. The molecule has 19 heavy (non-hydrogen) atoms. The van der Waals surface area contributed by atoms with Crippen molar-refractivity contribution in [1.29, 1.82) is 0 Å². The predicted molar refractivity (Wildman–Crippen MR) is 71.5 cm³/mol. The van der Waals surface area contributed by atoms with Crippen molar-refractivity contribution in [3.05, 3.63) is 38.9 Å². The zero-order chi connectivity index (χ0) is 14.6. The van der Waals surface area contributed by atoms with E-state index >= 15 is 0 Å². The number of halogens is 1. The molecule has 1 aromatic rings. The van der Waals surface area contributed by atoms with Gasteiger partial charge in [-0.25, -0.2) is 0 Å². The maximum absolute atomic E-state index is 12.0. The number of rotatable bonds is 5. The number of hydrogen-bond acceptors (Lipinski definition) is 4. The summed E-state index contributed by atoms with van der Waals surface area (Å²) < 4.78 is 4.99. The van der Waals surface area contributed by atoms with Crippen LogP contribution in [0.25, 0.3) is 0 Å². The van der Waals surface area contributed by atoms with Crippen LogP contribution in [0.2, 0.25) is 5.02 Å². The Morgan fingerprint density at radius 2 is 2.16 bits per heavy atom. The molecule has 0 aromatic heterocycles. The Kier molecular flexibility index (Phi) is 4.85. The molecule has 1 aromatic carbocycles. The number of benzene rings is 1. The van der Waals surface area contributed by atoms with Crippen LogP contribution in [-0.4, -0.2) is 30.1 Å². The van der Waals surface area contributed by atoms with Gasteiger partial charge < -0.3 is 10.1 Å². The molecule has 6 nitrogen and oxygen atoms in total. The molecule has 1 amide bonds. The van der Waals surface area contributed by atoms with Gasteiger partial charge in [0.2, 0.25) is 0 Å². The van der Waals surface area contributed by atoms with Crippen molar-refractivity contribution < 1.29 is 14.5 Å². The molecule has 0 aliphatic rings. The van der Waals surface area contributed by atoms with Crippen molar-refractivity contribution in [2.24, 2.45) is 0 Å². The number of amides is 1. The second-order valence-electron chi connectivity index (χ2n) is 4.69. The van der Waals surface area contributed by atoms with Gasteiger partial charge in [-0.1, -0.05) is 11.6 Å². The van der Waals surface area contributed by atoms with Gasteiger partial charge in [-0.2, -0.15) is 0 Å². The number of nitrogens with zero attached hydrogens (tertiary/aromatic N) is 1. The number of nitrogens with one attached hydrogen (secondary N) is 1. The van der Waals surface area contributed by atoms with Gasteiger partial charge in [-0.05, 0) is 19.9 Å². The highest BCUT2D eigenvalue weighted by Crippen LogP contribution is 2.22. The molecule has 0 bridgehead atoms. The molecule has 7 heteroatoms. The number of nitro benzene ring substituents is 1. The molecule has 0 radical (unpaired) electrons. The Morgan fingerprint density at radius 3 is 2.63 bits per heavy atom. The topological polar surface area (TPSA) is 81.5 Å². The summed E-state index contributed by atoms with van der Waals surface area (Å²) in [5.41, 5.74) is -0.522. The zero-order valence-corrected chi connectivity index (χ0v) is 11.7. The molecule has 0 atom stereocenters. The first-order valence-corrected chi connectivity index (χ1v) is 5.90. The van der Waals surface area contributed by atoms with E-state index in [0.29, 0.717) is 6.61 Å². The van der Waals surface area contributed by atoms with Gasteiger partial charge in [-0.3, -0.25) is 14.9 Å². The average molecular weight is 287 g/mol. The summed E-state index contributed by atoms with van der Waals surface area (Å²) in [6, 6.07) is 3.72. The molecule has 104 valence electrons. The number of ether oxygens (including phenoxy) is 1. The molecule has 0 aliphatic heterocycles. The number of carbonyl (C=O) groups excluding carboxylic acids is 1. The van der Waals surface area contributed by atoms with Crippen LogP contribution in [0.15, 0.2) is 18.2 Å². The van der Waals surface area contributed by atoms with Gasteiger partial charge >= 0.3 is 0 Å². The number of carbonyl (C=O) groups is 1. The van der Waals surface area contributed by atoms with E-state index in [9.17, 15) is 14.9 Å². The van der Waals surface area contributed by atoms with Crippen LogP contribution in [0.5, 0.6) is 0 Å². The molecule has 0 saturated carbocycles. The molecule has 0 spiro atoms. The molecular formula is C12H15ClN2O4. The van der Waals surface area contributed by atoms with Crippen LogP contribution >= 0.6 is 11.6 Å². The first-order chi connectivity index (χ1) is 8.76. The smallest absolute Gasteiger partial charge is 0.270 e. The second-order valence-corrected chi connectivity index (χ2v) is 5.10. The van der Waals surface area contributed by atoms with E-state index in [1.165, 1.54) is 19.2 Å². The molecule has 0 fully saturated rings. The van der Waals surface area contributed by atoms with Crippen molar-refractivity contribution in [1.82, 2.24) is 5.32 Å². The van der Waals surface area contributed by atoms with Crippen molar-refractivity contribution in [2.75, 3.05) is 13.7 Å². The van der Waals surface area contributed by atoms with E-state index < -0.39 is 16.4 Å². The van der Waals surface area contributed by atoms with Crippen LogP contribution < -0.4 is 5.32 Å². The highest BCUT2D eigenvalue weighted by atomic mass is 35.5. The quantitative estimate of drug-likeness (QED) is 0.665. The molecule has 1 rings (SSSR count). The summed E-state index contributed by atoms with van der Waals surface area (Å²) in [6.07, 6.45) is 0. The van der Waals surface area contributed by atoms with Crippen molar-refractivity contribution >= 4 is 23.2 Å². The number of hydrogen-bond donors (Lipinski definition) is 1. The maximum Gasteiger partial charge on any atom is 0.270 e. The van der Waals surface area contributed by atoms with E-state index in [4.69, 9.17) is 16.3 Å². The molecule has 0 heterocycles. The molecule has 0 unspecified atom stereocenters. The molecule has 1 N–H and O–H groups in total. The molecular weight excluding hydrogens is 272 g/mol. The van der Waals surface area contributed by atoms with Gasteiger partial charge in [0.25, 0.3) is 11.6 Å². The van der Waals surface area contributed by atoms with Gasteiger partial charge in [0.1, 0.15) is 0 Å². The Hall–Kier alpha value is -1.66. The van der Waals surface area contributed by atoms with E-state index in [1.54, 1.807) is 13.8 Å². The lowest BCUT2D eigenvalue weighted by Crippen LogP contribution is -2.46. The Bertz CT molecular complexity index is 503. The highest BCUT2D eigenvalue weighted by Gasteiger charge is 2.23. The normalized spacial score (nSPS) is 11.2. The van der Waals surface area contributed by atoms with Crippen molar-refractivity contribution in [2.45, 2.75) is 19.4 Å². The fourth-order valence-corrected chi connectivity index (χ4v) is 1.83. The fourth-order valence-electron chi connectivity index (χ4n) is 1.57. The highest BCUT2D eigenvalue weighted by molar-refractivity contribution is 6.34. The van der Waals surface area contributed by atoms with Gasteiger partial charge in [0.05, 0.1) is 27.7 Å². The van der Waals surface area contributed by atoms with Crippen molar-refractivity contribution in [3.63, 3.8) is 0 Å². The van der Waals surface area contributed by atoms with Crippen molar-refractivity contribution in [3.8, 4) is 0 Å².